The van der Waals surface area contributed by atoms with E-state index in [0.29, 0.717) is 13.0 Å². The number of hydrogen-bond donors (Lipinski definition) is 0. The Bertz CT molecular complexity index is 730. The smallest absolute Gasteiger partial charge is 0.323 e. The van der Waals surface area contributed by atoms with Crippen molar-refractivity contribution in [3.8, 4) is 0 Å². The molecule has 0 aromatic heterocycles. The molecule has 26 heavy (non-hydrogen) atoms. The summed E-state index contributed by atoms with van der Waals surface area (Å²) in [5, 5.41) is 0. The summed E-state index contributed by atoms with van der Waals surface area (Å²) < 4.78 is 4.98. The maximum atomic E-state index is 12.3. The van der Waals surface area contributed by atoms with Gasteiger partial charge in [-0.25, -0.2) is 0 Å². The molecule has 0 bridgehead atoms. The minimum atomic E-state index is -0.498. The highest BCUT2D eigenvalue weighted by atomic mass is 16.5. The van der Waals surface area contributed by atoms with Gasteiger partial charge in [0.25, 0.3) is 0 Å². The minimum absolute atomic E-state index is 0.0424. The number of esters is 1. The average molecular weight is 351 g/mol. The zero-order valence-corrected chi connectivity index (χ0v) is 15.1. The summed E-state index contributed by atoms with van der Waals surface area (Å²) in [4.78, 5) is 26.8. The number of carbonyl (C=O) groups excluding carboxylic acids is 2. The SMILES string of the molecule is COC(=O)[C@@H]1CC(=O)C[C@@H](CCc2ccccc2)N1Cc1ccccc1. The number of rotatable bonds is 6. The molecule has 1 aliphatic heterocycles. The third-order valence-electron chi connectivity index (χ3n) is 5.04. The van der Waals surface area contributed by atoms with Crippen LogP contribution in [0.15, 0.2) is 60.7 Å². The predicted molar refractivity (Wildman–Crippen MR) is 101 cm³/mol. The molecule has 0 radical (unpaired) electrons. The van der Waals surface area contributed by atoms with E-state index in [1.807, 2.05) is 36.4 Å². The molecule has 2 aromatic rings. The molecule has 3 rings (SSSR count). The van der Waals surface area contributed by atoms with E-state index in [4.69, 9.17) is 4.74 Å². The van der Waals surface area contributed by atoms with Crippen molar-refractivity contribution < 1.29 is 14.3 Å². The number of ether oxygens (including phenoxy) is 1. The van der Waals surface area contributed by atoms with Crippen LogP contribution in [0.2, 0.25) is 0 Å². The van der Waals surface area contributed by atoms with Gasteiger partial charge in [-0.05, 0) is 24.0 Å². The fraction of sp³-hybridized carbons (Fsp3) is 0.364. The predicted octanol–water partition coefficient (Wildman–Crippen LogP) is 3.39. The van der Waals surface area contributed by atoms with E-state index in [2.05, 4.69) is 29.2 Å². The third kappa shape index (κ3) is 4.58. The van der Waals surface area contributed by atoms with Crippen LogP contribution in [0.5, 0.6) is 0 Å². The Balaban J connectivity index is 1.79. The van der Waals surface area contributed by atoms with Gasteiger partial charge in [-0.2, -0.15) is 0 Å². The van der Waals surface area contributed by atoms with Crippen molar-refractivity contribution in [1.29, 1.82) is 0 Å². The number of aryl methyl sites for hydroxylation is 1. The molecule has 4 heteroatoms. The van der Waals surface area contributed by atoms with Crippen molar-refractivity contribution in [1.82, 2.24) is 4.90 Å². The number of nitrogens with zero attached hydrogens (tertiary/aromatic N) is 1. The van der Waals surface area contributed by atoms with Crippen molar-refractivity contribution in [3.63, 3.8) is 0 Å². The van der Waals surface area contributed by atoms with Crippen LogP contribution >= 0.6 is 0 Å². The van der Waals surface area contributed by atoms with Crippen molar-refractivity contribution in [3.05, 3.63) is 71.8 Å². The summed E-state index contributed by atoms with van der Waals surface area (Å²) in [7, 11) is 1.39. The van der Waals surface area contributed by atoms with Gasteiger partial charge in [-0.3, -0.25) is 14.5 Å². The van der Waals surface area contributed by atoms with E-state index in [-0.39, 0.29) is 24.2 Å². The second-order valence-corrected chi connectivity index (χ2v) is 6.82. The molecule has 0 spiro atoms. The normalized spacial score (nSPS) is 20.7. The van der Waals surface area contributed by atoms with Crippen LogP contribution in [0, 0.1) is 0 Å². The molecular formula is C22H25NO3. The van der Waals surface area contributed by atoms with Crippen molar-refractivity contribution in [2.75, 3.05) is 7.11 Å². The standard InChI is InChI=1S/C22H25NO3/c1-26-22(25)21-15-20(24)14-19(13-12-17-8-4-2-5-9-17)23(21)16-18-10-6-3-7-11-18/h2-11,19,21H,12-16H2,1H3/t19-,21+/m1/s1. The molecule has 1 aliphatic rings. The molecule has 0 aliphatic carbocycles. The molecule has 2 aromatic carbocycles. The topological polar surface area (TPSA) is 46.6 Å². The lowest BCUT2D eigenvalue weighted by atomic mass is 9.90. The van der Waals surface area contributed by atoms with Crippen LogP contribution < -0.4 is 0 Å². The Morgan fingerprint density at radius 2 is 1.62 bits per heavy atom. The number of benzene rings is 2. The quantitative estimate of drug-likeness (QED) is 0.749. The van der Waals surface area contributed by atoms with Crippen molar-refractivity contribution in [2.45, 2.75) is 44.3 Å². The van der Waals surface area contributed by atoms with E-state index in [0.717, 1.165) is 18.4 Å². The first kappa shape index (κ1) is 18.3. The minimum Gasteiger partial charge on any atom is -0.468 e. The molecule has 0 unspecified atom stereocenters. The molecule has 1 saturated heterocycles. The van der Waals surface area contributed by atoms with Crippen molar-refractivity contribution >= 4 is 11.8 Å². The Labute approximate surface area is 154 Å². The van der Waals surface area contributed by atoms with Gasteiger partial charge in [0.2, 0.25) is 0 Å². The number of Topliss-reactive ketones (excluding diaryl/α,β-unsaturated/α-hetero) is 1. The Morgan fingerprint density at radius 1 is 1.00 bits per heavy atom. The molecule has 2 atom stereocenters. The monoisotopic (exact) mass is 351 g/mol. The van der Waals surface area contributed by atoms with Crippen LogP contribution in [0.1, 0.15) is 30.4 Å². The highest BCUT2D eigenvalue weighted by Gasteiger charge is 2.39. The maximum Gasteiger partial charge on any atom is 0.323 e. The lowest BCUT2D eigenvalue weighted by Gasteiger charge is -2.40. The molecule has 136 valence electrons. The fourth-order valence-electron chi connectivity index (χ4n) is 3.68. The lowest BCUT2D eigenvalue weighted by Crippen LogP contribution is -2.53. The summed E-state index contributed by atoms with van der Waals surface area (Å²) in [5.74, 6) is -0.179. The number of ketones is 1. The number of carbonyl (C=O) groups is 2. The van der Waals surface area contributed by atoms with Gasteiger partial charge < -0.3 is 4.74 Å². The molecule has 4 nitrogen and oxygen atoms in total. The fourth-order valence-corrected chi connectivity index (χ4v) is 3.68. The van der Waals surface area contributed by atoms with Gasteiger partial charge in [0.1, 0.15) is 11.8 Å². The highest BCUT2D eigenvalue weighted by molar-refractivity contribution is 5.88. The summed E-state index contributed by atoms with van der Waals surface area (Å²) in [6.07, 6.45) is 2.46. The lowest BCUT2D eigenvalue weighted by molar-refractivity contribution is -0.153. The van der Waals surface area contributed by atoms with E-state index in [1.54, 1.807) is 0 Å². The van der Waals surface area contributed by atoms with Gasteiger partial charge in [0.05, 0.1) is 7.11 Å². The summed E-state index contributed by atoms with van der Waals surface area (Å²) >= 11 is 0. The average Bonchev–Trinajstić information content (AvgIpc) is 2.68. The zero-order chi connectivity index (χ0) is 18.4. The maximum absolute atomic E-state index is 12.3. The highest BCUT2D eigenvalue weighted by Crippen LogP contribution is 2.27. The third-order valence-corrected chi connectivity index (χ3v) is 5.04. The Hall–Kier alpha value is -2.46. The van der Waals surface area contributed by atoms with Gasteiger partial charge in [0, 0.05) is 25.4 Å². The van der Waals surface area contributed by atoms with Crippen LogP contribution in [0.3, 0.4) is 0 Å². The molecule has 1 fully saturated rings. The largest absolute Gasteiger partial charge is 0.468 e. The number of likely N-dealkylation sites (tertiary alicyclic amines) is 1. The van der Waals surface area contributed by atoms with Gasteiger partial charge in [0.15, 0.2) is 0 Å². The molecular weight excluding hydrogens is 326 g/mol. The molecule has 0 amide bonds. The summed E-state index contributed by atoms with van der Waals surface area (Å²) in [5.41, 5.74) is 2.39. The van der Waals surface area contributed by atoms with Crippen LogP contribution in [-0.4, -0.2) is 35.8 Å². The summed E-state index contributed by atoms with van der Waals surface area (Å²) in [6, 6.07) is 19.9. The van der Waals surface area contributed by atoms with E-state index >= 15 is 0 Å². The van der Waals surface area contributed by atoms with Crippen molar-refractivity contribution in [2.24, 2.45) is 0 Å². The number of methoxy groups -OCH3 is 1. The summed E-state index contributed by atoms with van der Waals surface area (Å²) in [6.45, 7) is 0.646. The number of hydrogen-bond acceptors (Lipinski definition) is 4. The second kappa shape index (κ2) is 8.77. The Morgan fingerprint density at radius 3 is 2.23 bits per heavy atom. The first-order valence-electron chi connectivity index (χ1n) is 9.10. The Kier molecular flexibility index (Phi) is 6.18. The van der Waals surface area contributed by atoms with Gasteiger partial charge in [-0.1, -0.05) is 60.7 Å². The van der Waals surface area contributed by atoms with E-state index in [9.17, 15) is 9.59 Å². The zero-order valence-electron chi connectivity index (χ0n) is 15.1. The van der Waals surface area contributed by atoms with E-state index in [1.165, 1.54) is 12.7 Å². The first-order valence-corrected chi connectivity index (χ1v) is 9.10. The molecule has 0 N–H and O–H groups in total. The molecule has 0 saturated carbocycles. The van der Waals surface area contributed by atoms with Gasteiger partial charge in [-0.15, -0.1) is 0 Å². The first-order chi connectivity index (χ1) is 12.7. The molecule has 1 heterocycles. The van der Waals surface area contributed by atoms with Gasteiger partial charge >= 0.3 is 5.97 Å². The van der Waals surface area contributed by atoms with Crippen LogP contribution in [0.25, 0.3) is 0 Å². The number of piperidine rings is 1. The van der Waals surface area contributed by atoms with E-state index < -0.39 is 6.04 Å². The van der Waals surface area contributed by atoms with Crippen LogP contribution in [-0.2, 0) is 27.3 Å². The van der Waals surface area contributed by atoms with Crippen LogP contribution in [0.4, 0.5) is 0 Å². The second-order valence-electron chi connectivity index (χ2n) is 6.82.